The topological polar surface area (TPSA) is 92.0 Å². The lowest BCUT2D eigenvalue weighted by atomic mass is 10.1. The average Bonchev–Trinajstić information content (AvgIpc) is 2.44. The maximum absolute atomic E-state index is 11.9. The third kappa shape index (κ3) is 3.02. The van der Waals surface area contributed by atoms with Gasteiger partial charge < -0.3 is 30.0 Å². The van der Waals surface area contributed by atoms with Gasteiger partial charge in [-0.3, -0.25) is 0 Å². The molecule has 0 radical (unpaired) electrons. The molecule has 0 aliphatic heterocycles. The van der Waals surface area contributed by atoms with E-state index in [1.807, 2.05) is 0 Å². The van der Waals surface area contributed by atoms with Crippen LogP contribution in [0.2, 0.25) is 0 Å². The number of thiocarbonyl (C=S) groups is 1. The van der Waals surface area contributed by atoms with E-state index in [1.54, 1.807) is 0 Å². The van der Waals surface area contributed by atoms with Gasteiger partial charge in [-0.15, -0.1) is 0 Å². The summed E-state index contributed by atoms with van der Waals surface area (Å²) in [5, 5.41) is 2.65. The van der Waals surface area contributed by atoms with Crippen molar-refractivity contribution < 1.29 is 23.7 Å². The second-order valence-electron chi connectivity index (χ2n) is 3.55. The number of carbonyl (C=O) groups excluding carboxylic acids is 1. The minimum Gasteiger partial charge on any atom is -0.493 e. The number of carbonyl (C=O) groups is 1. The molecule has 8 heteroatoms. The largest absolute Gasteiger partial charge is 0.493 e. The molecule has 1 aromatic carbocycles. The van der Waals surface area contributed by atoms with Gasteiger partial charge in [0.05, 0.1) is 34.0 Å². The Morgan fingerprint density at radius 3 is 2.15 bits per heavy atom. The van der Waals surface area contributed by atoms with Crippen LogP contribution in [-0.4, -0.2) is 39.5 Å². The second kappa shape index (κ2) is 6.80. The van der Waals surface area contributed by atoms with E-state index in [4.69, 9.17) is 36.9 Å². The fraction of sp³-hybridized carbons (Fsp3) is 0.333. The standard InChI is InChI=1S/C12H16N2O5S/c1-16-7-5-6(11(15)19-4)8(14-12(13)20)10(18-3)9(7)17-2/h5H,1-4H3,(H3,13,14,20). The Labute approximate surface area is 121 Å². The van der Waals surface area contributed by atoms with Crippen LogP contribution in [0, 0.1) is 0 Å². The molecule has 0 heterocycles. The fourth-order valence-corrected chi connectivity index (χ4v) is 1.78. The highest BCUT2D eigenvalue weighted by molar-refractivity contribution is 7.80. The van der Waals surface area contributed by atoms with E-state index in [-0.39, 0.29) is 22.1 Å². The quantitative estimate of drug-likeness (QED) is 0.618. The number of rotatable bonds is 5. The van der Waals surface area contributed by atoms with Gasteiger partial charge in [-0.25, -0.2) is 4.79 Å². The van der Waals surface area contributed by atoms with Gasteiger partial charge in [-0.1, -0.05) is 0 Å². The molecule has 3 N–H and O–H groups in total. The Balaban J connectivity index is 3.63. The molecule has 110 valence electrons. The van der Waals surface area contributed by atoms with Crippen LogP contribution in [0.25, 0.3) is 0 Å². The molecule has 0 aliphatic carbocycles. The number of benzene rings is 1. The Bertz CT molecular complexity index is 533. The first-order valence-corrected chi connectivity index (χ1v) is 5.88. The molecular formula is C12H16N2O5S. The summed E-state index contributed by atoms with van der Waals surface area (Å²) in [6, 6.07) is 1.45. The summed E-state index contributed by atoms with van der Waals surface area (Å²) in [6.45, 7) is 0. The molecular weight excluding hydrogens is 284 g/mol. The molecule has 1 aromatic rings. The van der Waals surface area contributed by atoms with Gasteiger partial charge in [0.1, 0.15) is 5.69 Å². The monoisotopic (exact) mass is 300 g/mol. The van der Waals surface area contributed by atoms with Crippen molar-refractivity contribution >= 4 is 29.0 Å². The number of methoxy groups -OCH3 is 4. The molecule has 1 rings (SSSR count). The molecule has 0 amide bonds. The second-order valence-corrected chi connectivity index (χ2v) is 3.99. The van der Waals surface area contributed by atoms with Gasteiger partial charge in [0.15, 0.2) is 16.6 Å². The number of ether oxygens (including phenoxy) is 4. The van der Waals surface area contributed by atoms with E-state index in [2.05, 4.69) is 5.32 Å². The first-order valence-electron chi connectivity index (χ1n) is 5.47. The Kier molecular flexibility index (Phi) is 5.39. The van der Waals surface area contributed by atoms with Gasteiger partial charge >= 0.3 is 5.97 Å². The number of esters is 1. The van der Waals surface area contributed by atoms with Crippen LogP contribution in [0.4, 0.5) is 5.69 Å². The molecule has 0 saturated carbocycles. The van der Waals surface area contributed by atoms with E-state index in [9.17, 15) is 4.79 Å². The predicted octanol–water partition coefficient (Wildman–Crippen LogP) is 1.15. The molecule has 0 spiro atoms. The summed E-state index contributed by atoms with van der Waals surface area (Å²) in [7, 11) is 5.57. The third-order valence-electron chi connectivity index (χ3n) is 2.48. The summed E-state index contributed by atoms with van der Waals surface area (Å²) in [5.74, 6) is 0.266. The predicted molar refractivity (Wildman–Crippen MR) is 77.8 cm³/mol. The van der Waals surface area contributed by atoms with E-state index in [0.29, 0.717) is 11.5 Å². The minimum absolute atomic E-state index is 0.0272. The van der Waals surface area contributed by atoms with Crippen LogP contribution < -0.4 is 25.3 Å². The summed E-state index contributed by atoms with van der Waals surface area (Å²) < 4.78 is 20.4. The number of hydrogen-bond acceptors (Lipinski definition) is 6. The van der Waals surface area contributed by atoms with E-state index in [0.717, 1.165) is 0 Å². The smallest absolute Gasteiger partial charge is 0.340 e. The molecule has 0 unspecified atom stereocenters. The Hall–Kier alpha value is -2.22. The van der Waals surface area contributed by atoms with Crippen molar-refractivity contribution in [3.8, 4) is 17.2 Å². The van der Waals surface area contributed by atoms with Crippen molar-refractivity contribution in [3.05, 3.63) is 11.6 Å². The van der Waals surface area contributed by atoms with E-state index >= 15 is 0 Å². The van der Waals surface area contributed by atoms with Crippen LogP contribution in [0.1, 0.15) is 10.4 Å². The Morgan fingerprint density at radius 1 is 1.15 bits per heavy atom. The van der Waals surface area contributed by atoms with Crippen molar-refractivity contribution in [2.75, 3.05) is 33.8 Å². The molecule has 20 heavy (non-hydrogen) atoms. The summed E-state index contributed by atoms with van der Waals surface area (Å²) >= 11 is 4.80. The zero-order chi connectivity index (χ0) is 15.3. The number of nitrogens with two attached hydrogens (primary N) is 1. The molecule has 0 fully saturated rings. The number of hydrogen-bond donors (Lipinski definition) is 2. The van der Waals surface area contributed by atoms with Crippen LogP contribution in [-0.2, 0) is 4.74 Å². The van der Waals surface area contributed by atoms with Crippen LogP contribution >= 0.6 is 12.2 Å². The van der Waals surface area contributed by atoms with E-state index < -0.39 is 5.97 Å². The van der Waals surface area contributed by atoms with Crippen LogP contribution in [0.15, 0.2) is 6.07 Å². The van der Waals surface area contributed by atoms with Gasteiger partial charge in [0.2, 0.25) is 5.75 Å². The third-order valence-corrected chi connectivity index (χ3v) is 2.59. The van der Waals surface area contributed by atoms with Crippen molar-refractivity contribution in [2.45, 2.75) is 0 Å². The van der Waals surface area contributed by atoms with Gasteiger partial charge in [0.25, 0.3) is 0 Å². The first kappa shape index (κ1) is 15.8. The van der Waals surface area contributed by atoms with Crippen molar-refractivity contribution in [2.24, 2.45) is 5.73 Å². The lowest BCUT2D eigenvalue weighted by molar-refractivity contribution is 0.0601. The highest BCUT2D eigenvalue weighted by atomic mass is 32.1. The van der Waals surface area contributed by atoms with Gasteiger partial charge in [0, 0.05) is 6.07 Å². The lowest BCUT2D eigenvalue weighted by Gasteiger charge is -2.19. The maximum Gasteiger partial charge on any atom is 0.340 e. The molecule has 0 bridgehead atoms. The molecule has 0 saturated heterocycles. The number of nitrogens with one attached hydrogen (secondary N) is 1. The zero-order valence-corrected chi connectivity index (χ0v) is 12.4. The SMILES string of the molecule is COC(=O)c1cc(OC)c(OC)c(OC)c1NC(N)=S. The van der Waals surface area contributed by atoms with Crippen LogP contribution in [0.5, 0.6) is 17.2 Å². The maximum atomic E-state index is 11.9. The highest BCUT2D eigenvalue weighted by Gasteiger charge is 2.25. The first-order chi connectivity index (χ1) is 9.49. The van der Waals surface area contributed by atoms with Gasteiger partial charge in [-0.05, 0) is 12.2 Å². The normalized spacial score (nSPS) is 9.60. The average molecular weight is 300 g/mol. The van der Waals surface area contributed by atoms with Crippen molar-refractivity contribution in [3.63, 3.8) is 0 Å². The molecule has 0 aromatic heterocycles. The lowest BCUT2D eigenvalue weighted by Crippen LogP contribution is -2.22. The van der Waals surface area contributed by atoms with Crippen molar-refractivity contribution in [1.29, 1.82) is 0 Å². The summed E-state index contributed by atoms with van der Waals surface area (Å²) in [5.41, 5.74) is 5.88. The molecule has 0 aliphatic rings. The Morgan fingerprint density at radius 2 is 1.75 bits per heavy atom. The molecule has 0 atom stereocenters. The summed E-state index contributed by atoms with van der Waals surface area (Å²) in [6.07, 6.45) is 0. The minimum atomic E-state index is -0.594. The highest BCUT2D eigenvalue weighted by Crippen LogP contribution is 2.45. The zero-order valence-electron chi connectivity index (χ0n) is 11.6. The molecule has 7 nitrogen and oxygen atoms in total. The van der Waals surface area contributed by atoms with Gasteiger partial charge in [-0.2, -0.15) is 0 Å². The van der Waals surface area contributed by atoms with Crippen LogP contribution in [0.3, 0.4) is 0 Å². The number of anilines is 1. The summed E-state index contributed by atoms with van der Waals surface area (Å²) in [4.78, 5) is 11.9. The van der Waals surface area contributed by atoms with E-state index in [1.165, 1.54) is 34.5 Å². The van der Waals surface area contributed by atoms with Crippen molar-refractivity contribution in [1.82, 2.24) is 0 Å². The fourth-order valence-electron chi connectivity index (χ4n) is 1.67.